The van der Waals surface area contributed by atoms with E-state index in [0.717, 1.165) is 36.0 Å². The van der Waals surface area contributed by atoms with Crippen LogP contribution in [-0.2, 0) is 15.8 Å². The van der Waals surface area contributed by atoms with Crippen molar-refractivity contribution in [1.82, 2.24) is 10.2 Å². The number of carbonyl (C=O) groups is 2. The molecule has 12 heteroatoms. The number of amides is 2. The first kappa shape index (κ1) is 23.3. The molecule has 0 spiro atoms. The molecule has 2 aromatic rings. The fourth-order valence-corrected chi connectivity index (χ4v) is 4.14. The molecule has 2 amide bonds. The first-order valence-electron chi connectivity index (χ1n) is 9.77. The van der Waals surface area contributed by atoms with Gasteiger partial charge in [0.2, 0.25) is 5.91 Å². The molecule has 4 rings (SSSR count). The fraction of sp³-hybridized carbons (Fsp3) is 0.182. The number of rotatable bonds is 3. The zero-order valence-corrected chi connectivity index (χ0v) is 18.0. The second-order valence-electron chi connectivity index (χ2n) is 7.19. The van der Waals surface area contributed by atoms with Gasteiger partial charge in [0.25, 0.3) is 5.91 Å². The number of ether oxygens (including phenoxy) is 1. The molecule has 0 atom stereocenters. The maximum atomic E-state index is 14.6. The molecule has 0 bridgehead atoms. The zero-order chi connectivity index (χ0) is 24.5. The van der Waals surface area contributed by atoms with Crippen LogP contribution in [0, 0.1) is 17.1 Å². The highest BCUT2D eigenvalue weighted by Crippen LogP contribution is 2.39. The van der Waals surface area contributed by atoms with E-state index in [4.69, 9.17) is 10.00 Å². The van der Waals surface area contributed by atoms with Crippen LogP contribution in [0.25, 0.3) is 6.08 Å². The van der Waals surface area contributed by atoms with Gasteiger partial charge in [0, 0.05) is 13.1 Å². The Bertz CT molecular complexity index is 1280. The smallest absolute Gasteiger partial charge is 0.420 e. The van der Waals surface area contributed by atoms with E-state index in [-0.39, 0.29) is 28.5 Å². The molecule has 1 saturated heterocycles. The number of nitrogens with zero attached hydrogens (tertiary/aromatic N) is 3. The highest BCUT2D eigenvalue weighted by molar-refractivity contribution is 8.18. The number of benzene rings is 2. The Morgan fingerprint density at radius 2 is 1.94 bits per heavy atom. The zero-order valence-electron chi connectivity index (χ0n) is 17.1. The number of aliphatic imine (C=N–C) groups is 1. The van der Waals surface area contributed by atoms with Crippen molar-refractivity contribution in [3.8, 4) is 17.6 Å². The van der Waals surface area contributed by atoms with Crippen molar-refractivity contribution >= 4 is 34.8 Å². The van der Waals surface area contributed by atoms with Gasteiger partial charge in [-0.15, -0.1) is 0 Å². The van der Waals surface area contributed by atoms with Gasteiger partial charge in [-0.05, 0) is 53.7 Å². The standard InChI is InChI=1S/C22H14F4N4O3S/c23-15-8-12(9-18-20(32)29-21(34-18)30-6-5-28-19(31)11-30)1-4-17(15)33-16-3-2-13(10-27)7-14(16)22(24,25)26/h1-4,7-9H,5-6,11H2,(H,28,31). The van der Waals surface area contributed by atoms with Crippen LogP contribution in [0.4, 0.5) is 17.6 Å². The Morgan fingerprint density at radius 1 is 1.18 bits per heavy atom. The Hall–Kier alpha value is -3.85. The van der Waals surface area contributed by atoms with Crippen LogP contribution in [0.2, 0.25) is 0 Å². The van der Waals surface area contributed by atoms with Crippen LogP contribution in [0.1, 0.15) is 16.7 Å². The van der Waals surface area contributed by atoms with Crippen LogP contribution in [0.15, 0.2) is 46.3 Å². The van der Waals surface area contributed by atoms with E-state index in [2.05, 4.69) is 10.3 Å². The average Bonchev–Trinajstić information content (AvgIpc) is 3.15. The van der Waals surface area contributed by atoms with Crippen LogP contribution in [-0.4, -0.2) is 41.5 Å². The largest absolute Gasteiger partial charge is 0.454 e. The van der Waals surface area contributed by atoms with Gasteiger partial charge < -0.3 is 15.0 Å². The summed E-state index contributed by atoms with van der Waals surface area (Å²) in [4.78, 5) is 29.6. The van der Waals surface area contributed by atoms with Crippen molar-refractivity contribution < 1.29 is 31.9 Å². The Kier molecular flexibility index (Phi) is 6.30. The SMILES string of the molecule is N#Cc1ccc(Oc2ccc(C=C3SC(N4CCNC(=O)C4)=NC3=O)cc2F)c(C(F)(F)F)c1. The van der Waals surface area contributed by atoms with Gasteiger partial charge in [-0.2, -0.15) is 23.4 Å². The number of hydrogen-bond donors (Lipinski definition) is 1. The van der Waals surface area contributed by atoms with Gasteiger partial charge in [-0.3, -0.25) is 9.59 Å². The summed E-state index contributed by atoms with van der Waals surface area (Å²) in [7, 11) is 0. The molecule has 0 unspecified atom stereocenters. The van der Waals surface area contributed by atoms with E-state index >= 15 is 0 Å². The highest BCUT2D eigenvalue weighted by atomic mass is 32.2. The number of nitrogens with one attached hydrogen (secondary N) is 1. The number of alkyl halides is 3. The lowest BCUT2D eigenvalue weighted by atomic mass is 10.1. The third-order valence-corrected chi connectivity index (χ3v) is 5.85. The first-order chi connectivity index (χ1) is 16.1. The molecule has 2 aliphatic rings. The first-order valence-corrected chi connectivity index (χ1v) is 10.6. The van der Waals surface area contributed by atoms with Gasteiger partial charge in [0.05, 0.1) is 28.6 Å². The van der Waals surface area contributed by atoms with E-state index in [9.17, 15) is 27.2 Å². The molecule has 1 fully saturated rings. The number of nitriles is 1. The van der Waals surface area contributed by atoms with E-state index in [1.165, 1.54) is 12.1 Å². The monoisotopic (exact) mass is 490 g/mol. The van der Waals surface area contributed by atoms with Gasteiger partial charge in [0.15, 0.2) is 16.7 Å². The number of carbonyl (C=O) groups excluding carboxylic acids is 2. The van der Waals surface area contributed by atoms with E-state index in [0.29, 0.717) is 24.3 Å². The predicted octanol–water partition coefficient (Wildman–Crippen LogP) is 3.91. The minimum Gasteiger partial charge on any atom is -0.454 e. The van der Waals surface area contributed by atoms with Crippen LogP contribution in [0.3, 0.4) is 0 Å². The molecule has 1 N–H and O–H groups in total. The highest BCUT2D eigenvalue weighted by Gasteiger charge is 2.35. The normalized spacial score (nSPS) is 17.4. The molecule has 2 aliphatic heterocycles. The molecule has 174 valence electrons. The number of amidine groups is 1. The van der Waals surface area contributed by atoms with Crippen molar-refractivity contribution in [3.63, 3.8) is 0 Å². The van der Waals surface area contributed by atoms with Gasteiger partial charge in [-0.25, -0.2) is 4.39 Å². The van der Waals surface area contributed by atoms with Gasteiger partial charge >= 0.3 is 6.18 Å². The summed E-state index contributed by atoms with van der Waals surface area (Å²) in [5, 5.41) is 11.9. The molecular weight excluding hydrogens is 476 g/mol. The minimum absolute atomic E-state index is 0.0717. The quantitative estimate of drug-likeness (QED) is 0.518. The van der Waals surface area contributed by atoms with Crippen LogP contribution < -0.4 is 10.1 Å². The average molecular weight is 490 g/mol. The van der Waals surface area contributed by atoms with Crippen molar-refractivity contribution in [3.05, 3.63) is 63.8 Å². The van der Waals surface area contributed by atoms with E-state index < -0.39 is 35.0 Å². The van der Waals surface area contributed by atoms with Crippen molar-refractivity contribution in [2.45, 2.75) is 6.18 Å². The van der Waals surface area contributed by atoms with Crippen molar-refractivity contribution in [2.75, 3.05) is 19.6 Å². The summed E-state index contributed by atoms with van der Waals surface area (Å²) in [5.74, 6) is -2.79. The number of hydrogen-bond acceptors (Lipinski definition) is 6. The summed E-state index contributed by atoms with van der Waals surface area (Å²) >= 11 is 1.05. The van der Waals surface area contributed by atoms with Gasteiger partial charge in [-0.1, -0.05) is 6.07 Å². The lowest BCUT2D eigenvalue weighted by Crippen LogP contribution is -2.49. The third kappa shape index (κ3) is 5.04. The third-order valence-electron chi connectivity index (χ3n) is 4.81. The molecule has 2 heterocycles. The lowest BCUT2D eigenvalue weighted by Gasteiger charge is -2.27. The molecular formula is C22H14F4N4O3S. The Labute approximate surface area is 194 Å². The summed E-state index contributed by atoms with van der Waals surface area (Å²) < 4.78 is 59.8. The van der Waals surface area contributed by atoms with E-state index in [1.807, 2.05) is 0 Å². The molecule has 34 heavy (non-hydrogen) atoms. The van der Waals surface area contributed by atoms with E-state index in [1.54, 1.807) is 11.0 Å². The van der Waals surface area contributed by atoms with Crippen molar-refractivity contribution in [1.29, 1.82) is 5.26 Å². The molecule has 0 aliphatic carbocycles. The predicted molar refractivity (Wildman–Crippen MR) is 115 cm³/mol. The Balaban J connectivity index is 1.53. The maximum Gasteiger partial charge on any atom is 0.420 e. The molecule has 0 saturated carbocycles. The Morgan fingerprint density at radius 3 is 2.62 bits per heavy atom. The molecule has 0 radical (unpaired) electrons. The summed E-state index contributed by atoms with van der Waals surface area (Å²) in [6, 6.07) is 7.85. The lowest BCUT2D eigenvalue weighted by molar-refractivity contribution is -0.138. The summed E-state index contributed by atoms with van der Waals surface area (Å²) in [6.45, 7) is 0.990. The summed E-state index contributed by atoms with van der Waals surface area (Å²) in [6.07, 6.45) is -3.42. The van der Waals surface area contributed by atoms with Gasteiger partial charge in [0.1, 0.15) is 5.75 Å². The van der Waals surface area contributed by atoms with Crippen molar-refractivity contribution in [2.24, 2.45) is 4.99 Å². The number of piperazine rings is 1. The fourth-order valence-electron chi connectivity index (χ4n) is 3.20. The second kappa shape index (κ2) is 9.18. The minimum atomic E-state index is -4.81. The van der Waals surface area contributed by atoms with Crippen LogP contribution in [0.5, 0.6) is 11.5 Å². The number of halogens is 4. The maximum absolute atomic E-state index is 14.6. The molecule has 7 nitrogen and oxygen atoms in total. The van der Waals surface area contributed by atoms with Crippen LogP contribution >= 0.6 is 11.8 Å². The molecule has 2 aromatic carbocycles. The summed E-state index contributed by atoms with van der Waals surface area (Å²) in [5.41, 5.74) is -1.15. The number of thioether (sulfide) groups is 1. The second-order valence-corrected chi connectivity index (χ2v) is 8.20. The molecule has 0 aromatic heterocycles. The topological polar surface area (TPSA) is 94.8 Å².